The Morgan fingerprint density at radius 1 is 1.03 bits per heavy atom. The summed E-state index contributed by atoms with van der Waals surface area (Å²) in [4.78, 5) is 14.6. The topological polar surface area (TPSA) is 83.1 Å². The maximum Gasteiger partial charge on any atom is 0.269 e. The fourth-order valence-corrected chi connectivity index (χ4v) is 3.26. The quantitative estimate of drug-likeness (QED) is 0.337. The van der Waals surface area contributed by atoms with Crippen LogP contribution in [0.3, 0.4) is 0 Å². The molecular weight excluding hydrogens is 392 g/mol. The van der Waals surface area contributed by atoms with E-state index in [9.17, 15) is 10.1 Å². The Hall–Kier alpha value is -3.71. The number of non-ortho nitro benzene ring substituents is 1. The molecule has 0 N–H and O–H groups in total. The van der Waals surface area contributed by atoms with Crippen molar-refractivity contribution in [3.05, 3.63) is 88.3 Å². The monoisotopic (exact) mass is 406 g/mol. The molecule has 4 aromatic rings. The normalized spacial score (nSPS) is 10.7. The zero-order valence-electron chi connectivity index (χ0n) is 15.3. The molecule has 7 nitrogen and oxygen atoms in total. The van der Waals surface area contributed by atoms with Gasteiger partial charge >= 0.3 is 0 Å². The van der Waals surface area contributed by atoms with Crippen LogP contribution in [0, 0.1) is 10.1 Å². The number of aromatic nitrogens is 3. The third-order valence-corrected chi connectivity index (χ3v) is 4.75. The first-order chi connectivity index (χ1) is 14.1. The molecule has 4 rings (SSSR count). The van der Waals surface area contributed by atoms with Crippen molar-refractivity contribution in [3.63, 3.8) is 0 Å². The molecule has 0 aliphatic rings. The van der Waals surface area contributed by atoms with Crippen LogP contribution in [0.1, 0.15) is 0 Å². The molecule has 0 bridgehead atoms. The van der Waals surface area contributed by atoms with Crippen molar-refractivity contribution in [2.75, 3.05) is 7.11 Å². The molecular formula is C21H15ClN4O3. The molecule has 29 heavy (non-hydrogen) atoms. The fraction of sp³-hybridized carbons (Fsp3) is 0.0476. The van der Waals surface area contributed by atoms with Crippen LogP contribution in [0.25, 0.3) is 28.1 Å². The van der Waals surface area contributed by atoms with Crippen LogP contribution in [0.5, 0.6) is 5.75 Å². The van der Waals surface area contributed by atoms with E-state index in [0.717, 1.165) is 22.4 Å². The summed E-state index contributed by atoms with van der Waals surface area (Å²) in [7, 11) is 1.56. The number of nitro benzene ring substituents is 1. The molecule has 0 spiro atoms. The lowest BCUT2D eigenvalue weighted by molar-refractivity contribution is -0.384. The summed E-state index contributed by atoms with van der Waals surface area (Å²) in [5.74, 6) is 0.579. The number of methoxy groups -OCH3 is 1. The van der Waals surface area contributed by atoms with E-state index >= 15 is 0 Å². The van der Waals surface area contributed by atoms with E-state index in [2.05, 4.69) is 4.98 Å². The van der Waals surface area contributed by atoms with Gasteiger partial charge < -0.3 is 4.74 Å². The highest BCUT2D eigenvalue weighted by Gasteiger charge is 2.16. The van der Waals surface area contributed by atoms with Gasteiger partial charge in [0.25, 0.3) is 5.69 Å². The Morgan fingerprint density at radius 2 is 1.76 bits per heavy atom. The summed E-state index contributed by atoms with van der Waals surface area (Å²) in [6, 6.07) is 15.5. The standard InChI is InChI=1S/C21H15ClN4O3/c1-29-20-7-2-15(12-19(20)22)21-18(14-8-10-23-11-9-14)13-25(24-21)16-3-5-17(6-4-16)26(27)28/h2-13H,1H3. The average Bonchev–Trinajstić information content (AvgIpc) is 3.20. The smallest absolute Gasteiger partial charge is 0.269 e. The predicted octanol–water partition coefficient (Wildman–Crippen LogP) is 5.17. The zero-order chi connectivity index (χ0) is 20.4. The molecule has 0 amide bonds. The van der Waals surface area contributed by atoms with Gasteiger partial charge in [0.1, 0.15) is 11.4 Å². The molecule has 2 heterocycles. The van der Waals surface area contributed by atoms with Crippen molar-refractivity contribution in [2.45, 2.75) is 0 Å². The van der Waals surface area contributed by atoms with Crippen LogP contribution in [0.4, 0.5) is 5.69 Å². The van der Waals surface area contributed by atoms with Crippen LogP contribution in [0.2, 0.25) is 5.02 Å². The van der Waals surface area contributed by atoms with E-state index in [-0.39, 0.29) is 5.69 Å². The largest absolute Gasteiger partial charge is 0.495 e. The number of hydrogen-bond acceptors (Lipinski definition) is 5. The Labute approximate surface area is 171 Å². The van der Waals surface area contributed by atoms with Crippen LogP contribution >= 0.6 is 11.6 Å². The number of rotatable bonds is 5. The van der Waals surface area contributed by atoms with Crippen molar-refractivity contribution in [3.8, 4) is 33.8 Å². The van der Waals surface area contributed by atoms with E-state index in [1.807, 2.05) is 24.4 Å². The van der Waals surface area contributed by atoms with Crippen molar-refractivity contribution in [1.29, 1.82) is 0 Å². The first-order valence-corrected chi connectivity index (χ1v) is 9.03. The summed E-state index contributed by atoms with van der Waals surface area (Å²) < 4.78 is 6.92. The second-order valence-corrected chi connectivity index (χ2v) is 6.60. The Balaban J connectivity index is 1.85. The number of benzene rings is 2. The molecule has 144 valence electrons. The summed E-state index contributed by atoms with van der Waals surface area (Å²) in [5, 5.41) is 16.1. The average molecular weight is 407 g/mol. The minimum Gasteiger partial charge on any atom is -0.495 e. The maximum absolute atomic E-state index is 10.9. The lowest BCUT2D eigenvalue weighted by Crippen LogP contribution is -1.96. The second kappa shape index (κ2) is 7.73. The molecule has 0 radical (unpaired) electrons. The Morgan fingerprint density at radius 3 is 2.38 bits per heavy atom. The highest BCUT2D eigenvalue weighted by molar-refractivity contribution is 6.32. The molecule has 0 saturated heterocycles. The zero-order valence-corrected chi connectivity index (χ0v) is 16.1. The summed E-state index contributed by atoms with van der Waals surface area (Å²) >= 11 is 6.32. The highest BCUT2D eigenvalue weighted by atomic mass is 35.5. The van der Waals surface area contributed by atoms with Crippen molar-refractivity contribution in [1.82, 2.24) is 14.8 Å². The highest BCUT2D eigenvalue weighted by Crippen LogP contribution is 2.35. The molecule has 0 unspecified atom stereocenters. The van der Waals surface area contributed by atoms with Gasteiger partial charge in [0.2, 0.25) is 0 Å². The summed E-state index contributed by atoms with van der Waals surface area (Å²) in [5.41, 5.74) is 4.10. The summed E-state index contributed by atoms with van der Waals surface area (Å²) in [6.45, 7) is 0. The molecule has 0 aliphatic carbocycles. The van der Waals surface area contributed by atoms with Gasteiger partial charge in [-0.1, -0.05) is 11.6 Å². The molecule has 2 aromatic heterocycles. The van der Waals surface area contributed by atoms with Gasteiger partial charge in [-0.05, 0) is 48.0 Å². The van der Waals surface area contributed by atoms with E-state index in [1.54, 1.807) is 48.5 Å². The van der Waals surface area contributed by atoms with Gasteiger partial charge in [0.05, 0.1) is 22.7 Å². The Kier molecular flexibility index (Phi) is 4.97. The lowest BCUT2D eigenvalue weighted by atomic mass is 10.0. The first kappa shape index (κ1) is 18.6. The third-order valence-electron chi connectivity index (χ3n) is 4.46. The SMILES string of the molecule is COc1ccc(-c2nn(-c3ccc([N+](=O)[O-])cc3)cc2-c2ccncc2)cc1Cl. The lowest BCUT2D eigenvalue weighted by Gasteiger charge is -2.06. The predicted molar refractivity (Wildman–Crippen MR) is 110 cm³/mol. The number of hydrogen-bond donors (Lipinski definition) is 0. The maximum atomic E-state index is 10.9. The molecule has 0 saturated carbocycles. The number of nitrogens with zero attached hydrogens (tertiary/aromatic N) is 4. The van der Waals surface area contributed by atoms with Crippen LogP contribution in [-0.2, 0) is 0 Å². The van der Waals surface area contributed by atoms with Gasteiger partial charge in [-0.2, -0.15) is 5.10 Å². The van der Waals surface area contributed by atoms with Gasteiger partial charge in [-0.3, -0.25) is 15.1 Å². The molecule has 2 aromatic carbocycles. The minimum absolute atomic E-state index is 0.0254. The van der Waals surface area contributed by atoms with Crippen molar-refractivity contribution in [2.24, 2.45) is 0 Å². The van der Waals surface area contributed by atoms with Crippen LogP contribution in [0.15, 0.2) is 73.2 Å². The number of nitro groups is 1. The van der Waals surface area contributed by atoms with E-state index < -0.39 is 4.92 Å². The molecule has 0 aliphatic heterocycles. The van der Waals surface area contributed by atoms with Crippen LogP contribution < -0.4 is 4.74 Å². The van der Waals surface area contributed by atoms with Crippen molar-refractivity contribution < 1.29 is 9.66 Å². The molecule has 0 fully saturated rings. The first-order valence-electron chi connectivity index (χ1n) is 8.65. The molecule has 0 atom stereocenters. The Bertz CT molecular complexity index is 1170. The summed E-state index contributed by atoms with van der Waals surface area (Å²) in [6.07, 6.45) is 5.30. The van der Waals surface area contributed by atoms with Gasteiger partial charge in [0, 0.05) is 41.9 Å². The number of halogens is 1. The number of ether oxygens (including phenoxy) is 1. The van der Waals surface area contributed by atoms with E-state index in [0.29, 0.717) is 16.5 Å². The van der Waals surface area contributed by atoms with E-state index in [1.165, 1.54) is 12.1 Å². The van der Waals surface area contributed by atoms with Gasteiger partial charge in [0.15, 0.2) is 0 Å². The van der Waals surface area contributed by atoms with Crippen LogP contribution in [-0.4, -0.2) is 26.8 Å². The fourth-order valence-electron chi connectivity index (χ4n) is 3.00. The van der Waals surface area contributed by atoms with E-state index in [4.69, 9.17) is 21.4 Å². The molecule has 8 heteroatoms. The van der Waals surface area contributed by atoms with Crippen molar-refractivity contribution >= 4 is 17.3 Å². The van der Waals surface area contributed by atoms with Gasteiger partial charge in [-0.25, -0.2) is 4.68 Å². The second-order valence-electron chi connectivity index (χ2n) is 6.19. The third kappa shape index (κ3) is 3.68. The van der Waals surface area contributed by atoms with Gasteiger partial charge in [-0.15, -0.1) is 0 Å². The number of pyridine rings is 1. The minimum atomic E-state index is -0.431.